The highest BCUT2D eigenvalue weighted by Crippen LogP contribution is 2.54. The number of ether oxygens (including phenoxy) is 2. The molecule has 8 heteroatoms. The van der Waals surface area contributed by atoms with Gasteiger partial charge in [-0.1, -0.05) is 11.6 Å². The number of rotatable bonds is 4. The molecule has 0 saturated carbocycles. The van der Waals surface area contributed by atoms with Crippen molar-refractivity contribution in [2.75, 3.05) is 13.2 Å². The van der Waals surface area contributed by atoms with Gasteiger partial charge in [0.05, 0.1) is 13.2 Å². The predicted octanol–water partition coefficient (Wildman–Crippen LogP) is 0.448. The molecule has 4 aliphatic heterocycles. The molecule has 0 amide bonds. The van der Waals surface area contributed by atoms with Crippen molar-refractivity contribution in [2.24, 2.45) is 0 Å². The Morgan fingerprint density at radius 2 is 1.82 bits per heavy atom. The van der Waals surface area contributed by atoms with Crippen molar-refractivity contribution in [1.82, 2.24) is 0 Å². The summed E-state index contributed by atoms with van der Waals surface area (Å²) < 4.78 is 27.0. The average molecular weight is 312 g/mol. The summed E-state index contributed by atoms with van der Waals surface area (Å²) in [5, 5.41) is 21.5. The van der Waals surface area contributed by atoms with E-state index in [0.717, 1.165) is 18.4 Å². The smallest absolute Gasteiger partial charge is 0.387 e. The van der Waals surface area contributed by atoms with Crippen molar-refractivity contribution in [1.29, 1.82) is 0 Å². The third kappa shape index (κ3) is 1.96. The zero-order chi connectivity index (χ0) is 15.6. The fourth-order valence-electron chi connectivity index (χ4n) is 3.47. The van der Waals surface area contributed by atoms with Gasteiger partial charge < -0.3 is 33.6 Å². The van der Waals surface area contributed by atoms with Gasteiger partial charge >= 0.3 is 7.32 Å². The van der Waals surface area contributed by atoms with Gasteiger partial charge in [-0.05, 0) is 26.7 Å². The van der Waals surface area contributed by atoms with Crippen LogP contribution in [0.15, 0.2) is 11.6 Å². The van der Waals surface area contributed by atoms with E-state index in [1.807, 2.05) is 6.08 Å². The van der Waals surface area contributed by atoms with E-state index >= 15 is 0 Å². The second kappa shape index (κ2) is 4.54. The molecule has 2 N–H and O–H groups in total. The molecule has 1 aliphatic carbocycles. The Labute approximate surface area is 129 Å². The van der Waals surface area contributed by atoms with Gasteiger partial charge in [-0.3, -0.25) is 0 Å². The molecule has 4 fully saturated rings. The quantitative estimate of drug-likeness (QED) is 0.575. The monoisotopic (exact) mass is 312 g/mol. The molecule has 0 aromatic carbocycles. The highest BCUT2D eigenvalue weighted by Gasteiger charge is 2.80. The topological polar surface area (TPSA) is 86.6 Å². The lowest BCUT2D eigenvalue weighted by Gasteiger charge is -2.64. The van der Waals surface area contributed by atoms with Crippen molar-refractivity contribution >= 4 is 7.32 Å². The zero-order valence-corrected chi connectivity index (χ0v) is 12.8. The van der Waals surface area contributed by atoms with Crippen LogP contribution in [0, 0.1) is 0 Å². The summed E-state index contributed by atoms with van der Waals surface area (Å²) >= 11 is 0. The van der Waals surface area contributed by atoms with Crippen molar-refractivity contribution < 1.29 is 33.6 Å². The predicted molar refractivity (Wildman–Crippen MR) is 74.2 cm³/mol. The first-order chi connectivity index (χ1) is 10.3. The number of hydrogen-bond acceptors (Lipinski definition) is 7. The third-order valence-corrected chi connectivity index (χ3v) is 5.31. The van der Waals surface area contributed by atoms with Crippen LogP contribution in [0.2, 0.25) is 0 Å². The lowest BCUT2D eigenvalue weighted by atomic mass is 9.73. The maximum Gasteiger partial charge on any atom is 0.651 e. The highest BCUT2D eigenvalue weighted by molar-refractivity contribution is 6.43. The molecule has 4 heterocycles. The van der Waals surface area contributed by atoms with Crippen LogP contribution in [-0.2, 0) is 23.4 Å². The normalized spacial score (nSPS) is 33.5. The molecular formula is C14H21BO7. The largest absolute Gasteiger partial charge is 0.651 e. The Balaban J connectivity index is 1.45. The Kier molecular flexibility index (Phi) is 3.11. The van der Waals surface area contributed by atoms with Gasteiger partial charge in [0.2, 0.25) is 0 Å². The van der Waals surface area contributed by atoms with Crippen LogP contribution in [0.4, 0.5) is 0 Å². The summed E-state index contributed by atoms with van der Waals surface area (Å²) in [4.78, 5) is 0. The second-order valence-corrected chi connectivity index (χ2v) is 6.90. The molecule has 5 aliphatic rings. The zero-order valence-electron chi connectivity index (χ0n) is 12.8. The Morgan fingerprint density at radius 1 is 1.18 bits per heavy atom. The molecule has 7 nitrogen and oxygen atoms in total. The molecule has 122 valence electrons. The molecule has 2 unspecified atom stereocenters. The van der Waals surface area contributed by atoms with E-state index in [1.54, 1.807) is 6.92 Å². The van der Waals surface area contributed by atoms with Crippen molar-refractivity contribution in [3.05, 3.63) is 11.6 Å². The van der Waals surface area contributed by atoms with Gasteiger partial charge in [0.25, 0.3) is 5.97 Å². The fraction of sp³-hybridized carbons (Fsp3) is 0.857. The van der Waals surface area contributed by atoms with Crippen LogP contribution in [0.25, 0.3) is 0 Å². The molecule has 22 heavy (non-hydrogen) atoms. The van der Waals surface area contributed by atoms with Crippen LogP contribution in [0.1, 0.15) is 39.5 Å². The van der Waals surface area contributed by atoms with Crippen molar-refractivity contribution in [2.45, 2.75) is 62.5 Å². The average Bonchev–Trinajstić information content (AvgIpc) is 2.76. The third-order valence-electron chi connectivity index (χ3n) is 5.31. The van der Waals surface area contributed by atoms with Crippen molar-refractivity contribution in [3.63, 3.8) is 0 Å². The summed E-state index contributed by atoms with van der Waals surface area (Å²) in [7, 11) is -0.701. The molecular weight excluding hydrogens is 291 g/mol. The molecule has 5 rings (SSSR count). The van der Waals surface area contributed by atoms with E-state index in [2.05, 4.69) is 0 Å². The van der Waals surface area contributed by atoms with Crippen molar-refractivity contribution in [3.8, 4) is 0 Å². The number of hydrogen-bond donors (Lipinski definition) is 2. The summed E-state index contributed by atoms with van der Waals surface area (Å²) in [6, 6.07) is 0. The maximum absolute atomic E-state index is 10.8. The van der Waals surface area contributed by atoms with E-state index in [4.69, 9.17) is 23.4 Å². The minimum Gasteiger partial charge on any atom is -0.387 e. The SMILES string of the molecule is CC(O)(CC1=CCC2(CC1)OCCO2)C(C)(O)C12OB(O1)O2. The Morgan fingerprint density at radius 3 is 2.27 bits per heavy atom. The number of aliphatic hydroxyl groups is 2. The molecule has 1 spiro atoms. The molecule has 2 bridgehead atoms. The van der Waals surface area contributed by atoms with E-state index in [9.17, 15) is 10.2 Å². The van der Waals surface area contributed by atoms with E-state index < -0.39 is 30.3 Å². The summed E-state index contributed by atoms with van der Waals surface area (Å²) in [6.07, 6.45) is 4.51. The van der Waals surface area contributed by atoms with Gasteiger partial charge in [0.1, 0.15) is 5.60 Å². The van der Waals surface area contributed by atoms with E-state index in [-0.39, 0.29) is 0 Å². The van der Waals surface area contributed by atoms with E-state index in [1.165, 1.54) is 6.92 Å². The van der Waals surface area contributed by atoms with Gasteiger partial charge in [-0.25, -0.2) is 0 Å². The van der Waals surface area contributed by atoms with Gasteiger partial charge in [-0.15, -0.1) is 0 Å². The van der Waals surface area contributed by atoms with Crippen LogP contribution >= 0.6 is 0 Å². The van der Waals surface area contributed by atoms with Gasteiger partial charge in [0.15, 0.2) is 11.4 Å². The van der Waals surface area contributed by atoms with Crippen LogP contribution < -0.4 is 0 Å². The Bertz CT molecular complexity index is 492. The summed E-state index contributed by atoms with van der Waals surface area (Å²) in [6.45, 7) is 4.30. The molecule has 0 aromatic rings. The lowest BCUT2D eigenvalue weighted by Crippen LogP contribution is -2.86. The van der Waals surface area contributed by atoms with E-state index in [0.29, 0.717) is 26.1 Å². The van der Waals surface area contributed by atoms with Crippen LogP contribution in [-0.4, -0.2) is 53.7 Å². The summed E-state index contributed by atoms with van der Waals surface area (Å²) in [5.41, 5.74) is -2.07. The van der Waals surface area contributed by atoms with Gasteiger partial charge in [0, 0.05) is 12.8 Å². The molecule has 2 atom stereocenters. The maximum atomic E-state index is 10.8. The fourth-order valence-corrected chi connectivity index (χ4v) is 3.47. The molecule has 0 aromatic heterocycles. The minimum atomic E-state index is -1.68. The van der Waals surface area contributed by atoms with Gasteiger partial charge in [-0.2, -0.15) is 0 Å². The standard InChI is InChI=1S/C14H21BO7/c1-11(16,12(2,17)14-20-15(21-14)22-14)9-10-3-5-13(6-4-10)18-7-8-19-13/h3,16-17H,4-9H2,1-2H3. The first-order valence-corrected chi connectivity index (χ1v) is 7.72. The highest BCUT2D eigenvalue weighted by atomic mass is 17.1. The van der Waals surface area contributed by atoms with Crippen LogP contribution in [0.3, 0.4) is 0 Å². The Hall–Kier alpha value is -0.475. The summed E-state index contributed by atoms with van der Waals surface area (Å²) in [5.74, 6) is -2.02. The molecule has 4 saturated heterocycles. The van der Waals surface area contributed by atoms with Crippen LogP contribution in [0.5, 0.6) is 0 Å². The molecule has 0 radical (unpaired) electrons. The first-order valence-electron chi connectivity index (χ1n) is 7.72. The first kappa shape index (κ1) is 15.1. The second-order valence-electron chi connectivity index (χ2n) is 6.90. The lowest BCUT2D eigenvalue weighted by molar-refractivity contribution is -0.524. The minimum absolute atomic E-state index is 0.304.